The first-order valence-corrected chi connectivity index (χ1v) is 32.8. The Morgan fingerprint density at radius 3 is 1.70 bits per heavy atom. The van der Waals surface area contributed by atoms with Crippen molar-refractivity contribution in [2.75, 3.05) is 0 Å². The van der Waals surface area contributed by atoms with Gasteiger partial charge < -0.3 is 0 Å². The van der Waals surface area contributed by atoms with Crippen LogP contribution in [0.5, 0.6) is 0 Å². The number of hydrogen-bond acceptors (Lipinski definition) is 0. The van der Waals surface area contributed by atoms with Gasteiger partial charge in [-0.15, -0.1) is 0 Å². The minimum absolute atomic E-state index is 0.148. The van der Waals surface area contributed by atoms with Crippen molar-refractivity contribution in [3.8, 4) is 0 Å². The van der Waals surface area contributed by atoms with Crippen LogP contribution in [-0.4, -0.2) is 11.9 Å². The van der Waals surface area contributed by atoms with Gasteiger partial charge in [0.25, 0.3) is 0 Å². The first kappa shape index (κ1) is 26.7. The van der Waals surface area contributed by atoms with Crippen molar-refractivity contribution in [3.05, 3.63) is 81.9 Å². The van der Waals surface area contributed by atoms with Crippen molar-refractivity contribution in [1.29, 1.82) is 0 Å². The zero-order valence-electron chi connectivity index (χ0n) is 19.2. The van der Waals surface area contributed by atoms with Gasteiger partial charge in [0.1, 0.15) is 0 Å². The monoisotopic (exact) mass is 651 g/mol. The molecule has 2 aliphatic carbocycles. The van der Waals surface area contributed by atoms with Crippen LogP contribution in [0.3, 0.4) is 0 Å². The van der Waals surface area contributed by atoms with Crippen LogP contribution < -0.4 is 0 Å². The van der Waals surface area contributed by atoms with Crippen LogP contribution in [0.1, 0.15) is 56.2 Å². The Morgan fingerprint density at radius 2 is 1.24 bits per heavy atom. The van der Waals surface area contributed by atoms with E-state index >= 15 is 0 Å². The van der Waals surface area contributed by atoms with Gasteiger partial charge in [-0.05, 0) is 0 Å². The Hall–Kier alpha value is 0.687. The van der Waals surface area contributed by atoms with Crippen molar-refractivity contribution in [1.82, 2.24) is 0 Å². The Bertz CT molecular complexity index is 1050. The molecule has 2 aromatic carbocycles. The summed E-state index contributed by atoms with van der Waals surface area (Å²) in [5.74, 6) is -1.59. The molecule has 0 N–H and O–H groups in total. The van der Waals surface area contributed by atoms with Gasteiger partial charge in [-0.25, -0.2) is 0 Å². The molecule has 0 nitrogen and oxygen atoms in total. The Kier molecular flexibility index (Phi) is 7.99. The summed E-state index contributed by atoms with van der Waals surface area (Å²) in [5.41, 5.74) is 7.87. The van der Waals surface area contributed by atoms with E-state index in [1.807, 2.05) is 0 Å². The first-order valence-electron chi connectivity index (χ1n) is 11.6. The van der Waals surface area contributed by atoms with E-state index < -0.39 is 27.5 Å². The zero-order chi connectivity index (χ0) is 24.0. The number of halogens is 5. The average molecular weight is 655 g/mol. The van der Waals surface area contributed by atoms with Crippen LogP contribution in [-0.2, 0) is 15.6 Å². The number of benzene rings is 2. The van der Waals surface area contributed by atoms with Crippen LogP contribution in [0.4, 0.5) is 0 Å². The topological polar surface area (TPSA) is 0 Å². The summed E-state index contributed by atoms with van der Waals surface area (Å²) >= 11 is 13.9. The molecular formula is C25H30Cl5Si2Zr. The molecule has 2 aromatic rings. The predicted molar refractivity (Wildman–Crippen MR) is 153 cm³/mol. The van der Waals surface area contributed by atoms with Gasteiger partial charge in [-0.2, -0.15) is 0 Å². The van der Waals surface area contributed by atoms with E-state index in [0.717, 1.165) is 18.9 Å². The van der Waals surface area contributed by atoms with Gasteiger partial charge in [0.2, 0.25) is 0 Å². The average Bonchev–Trinajstić information content (AvgIpc) is 3.26. The van der Waals surface area contributed by atoms with Crippen LogP contribution in [0.2, 0.25) is 18.6 Å². The number of allylic oxidation sites excluding steroid dienone is 2. The maximum atomic E-state index is 8.26. The van der Waals surface area contributed by atoms with Crippen molar-refractivity contribution in [2.24, 2.45) is 0 Å². The predicted octanol–water partition coefficient (Wildman–Crippen LogP) is 10.1. The molecule has 3 unspecified atom stereocenters. The molecule has 0 radical (unpaired) electrons. The fourth-order valence-electron chi connectivity index (χ4n) is 6.21. The summed E-state index contributed by atoms with van der Waals surface area (Å²) in [6, 6.07) is 16.6. The molecule has 3 atom stereocenters. The van der Waals surface area contributed by atoms with Gasteiger partial charge in [-0.1, -0.05) is 0 Å². The molecule has 4 rings (SSSR count). The van der Waals surface area contributed by atoms with E-state index in [1.54, 1.807) is 0 Å². The van der Waals surface area contributed by atoms with Gasteiger partial charge >= 0.3 is 224 Å². The van der Waals surface area contributed by atoms with Crippen LogP contribution in [0.15, 0.2) is 59.7 Å². The molecule has 0 saturated carbocycles. The number of unbranched alkanes of at least 4 members (excludes halogenated alkanes) is 1. The molecule has 0 spiro atoms. The molecule has 0 aliphatic heterocycles. The summed E-state index contributed by atoms with van der Waals surface area (Å²) in [4.78, 5) is 0. The van der Waals surface area contributed by atoms with Crippen molar-refractivity contribution >= 4 is 74.3 Å². The molecule has 177 valence electrons. The Morgan fingerprint density at radius 1 is 0.788 bits per heavy atom. The van der Waals surface area contributed by atoms with E-state index in [4.69, 9.17) is 50.3 Å². The van der Waals surface area contributed by atoms with E-state index in [1.165, 1.54) is 33.4 Å². The van der Waals surface area contributed by atoms with Gasteiger partial charge in [0, 0.05) is 0 Å². The van der Waals surface area contributed by atoms with E-state index in [9.17, 15) is 0 Å². The summed E-state index contributed by atoms with van der Waals surface area (Å²) < 4.78 is 0.296. The normalized spacial score (nSPS) is 22.1. The minimum atomic E-state index is -4.58. The van der Waals surface area contributed by atoms with Crippen LogP contribution in [0, 0.1) is 0 Å². The third-order valence-electron chi connectivity index (χ3n) is 7.68. The van der Waals surface area contributed by atoms with Crippen LogP contribution >= 0.6 is 50.3 Å². The quantitative estimate of drug-likeness (QED) is 0.151. The van der Waals surface area contributed by atoms with Gasteiger partial charge in [0.15, 0.2) is 0 Å². The van der Waals surface area contributed by atoms with Crippen molar-refractivity contribution < 1.29 is 15.6 Å². The van der Waals surface area contributed by atoms with E-state index in [0.29, 0.717) is 6.04 Å². The molecular weight excluding hydrogens is 625 g/mol. The molecule has 2 aliphatic rings. The first-order chi connectivity index (χ1) is 15.4. The maximum absolute atomic E-state index is 8.26. The number of fused-ring (bicyclic) bond motifs is 2. The number of hydrogen-bond donors (Lipinski definition) is 0. The standard InChI is InChI=1S/2C10H9.C5H12Cl3Si2.2ClH.Zr/c2*1-8-6-9-4-2-3-5-10(9)7-8;1-9-4-2-3-5-10(6,7)8;;;/h2*2-7H,1H3;9H,2-5H2,1H3;2*1H;/q;;;;;+2/p-2. The van der Waals surface area contributed by atoms with Gasteiger partial charge in [-0.3, -0.25) is 0 Å². The second kappa shape index (κ2) is 9.86. The van der Waals surface area contributed by atoms with Crippen molar-refractivity contribution in [3.63, 3.8) is 0 Å². The summed E-state index contributed by atoms with van der Waals surface area (Å²) in [6.45, 7) is 6.90. The third kappa shape index (κ3) is 4.97. The van der Waals surface area contributed by atoms with E-state index in [-0.39, 0.29) is 7.25 Å². The Balaban J connectivity index is 1.80. The molecule has 0 amide bonds. The van der Waals surface area contributed by atoms with Crippen molar-refractivity contribution in [2.45, 2.75) is 52.6 Å². The molecule has 33 heavy (non-hydrogen) atoms. The Labute approximate surface area is 222 Å². The molecule has 0 fully saturated rings. The zero-order valence-corrected chi connectivity index (χ0v) is 27.6. The SMILES string of the molecule is CC1=Cc2ccccc2[CH]1[Zr]([Cl])([Cl])([CH]1C(C)=Cc2ccccc21)[SiH](C)CCCC[Si](Cl)(Cl)Cl. The van der Waals surface area contributed by atoms with E-state index in [2.05, 4.69) is 81.1 Å². The number of rotatable bonds is 8. The molecule has 0 bridgehead atoms. The molecule has 0 saturated heterocycles. The summed E-state index contributed by atoms with van der Waals surface area (Å²) in [7, 11) is 16.5. The third-order valence-corrected chi connectivity index (χ3v) is 61.0. The fraction of sp³-hybridized carbons (Fsp3) is 0.360. The molecule has 0 aromatic heterocycles. The van der Waals surface area contributed by atoms with Gasteiger partial charge in [0.05, 0.1) is 0 Å². The second-order valence-corrected chi connectivity index (χ2v) is 60.5. The summed E-state index contributed by atoms with van der Waals surface area (Å²) in [6.07, 6.45) is 6.60. The fourth-order valence-corrected chi connectivity index (χ4v) is 50.3. The second-order valence-electron chi connectivity index (χ2n) is 9.89. The molecule has 8 heteroatoms. The summed E-state index contributed by atoms with van der Waals surface area (Å²) in [5, 5.41) is 0. The molecule has 0 heterocycles. The van der Waals surface area contributed by atoms with Crippen LogP contribution in [0.25, 0.3) is 12.2 Å².